The Morgan fingerprint density at radius 1 is 1.35 bits per heavy atom. The minimum Gasteiger partial charge on any atom is -0.312 e. The number of benzene rings is 1. The van der Waals surface area contributed by atoms with Gasteiger partial charge in [-0.3, -0.25) is 0 Å². The molecule has 0 radical (unpaired) electrons. The smallest absolute Gasteiger partial charge is 0.0551 e. The second-order valence-electron chi connectivity index (χ2n) is 5.50. The average Bonchev–Trinajstić information content (AvgIpc) is 2.23. The lowest BCUT2D eigenvalue weighted by molar-refractivity contribution is 0.238. The number of halogens is 2. The third-order valence-electron chi connectivity index (χ3n) is 3.46. The molecule has 0 aliphatic heterocycles. The van der Waals surface area contributed by atoms with Crippen molar-refractivity contribution in [2.45, 2.75) is 34.2 Å². The van der Waals surface area contributed by atoms with Gasteiger partial charge in [-0.2, -0.15) is 0 Å². The highest BCUT2D eigenvalue weighted by Gasteiger charge is 2.21. The van der Waals surface area contributed by atoms with Crippen LogP contribution in [-0.2, 0) is 6.54 Å². The summed E-state index contributed by atoms with van der Waals surface area (Å²) in [5.41, 5.74) is 1.54. The molecule has 0 bridgehead atoms. The van der Waals surface area contributed by atoms with E-state index in [9.17, 15) is 0 Å². The van der Waals surface area contributed by atoms with Crippen LogP contribution < -0.4 is 5.32 Å². The van der Waals surface area contributed by atoms with Gasteiger partial charge >= 0.3 is 0 Å². The van der Waals surface area contributed by atoms with E-state index in [4.69, 9.17) is 11.6 Å². The Kier molecular flexibility index (Phi) is 5.49. The fourth-order valence-corrected chi connectivity index (χ4v) is 1.83. The van der Waals surface area contributed by atoms with E-state index in [-0.39, 0.29) is 0 Å². The normalized spacial score (nSPS) is 12.2. The molecule has 0 aliphatic rings. The van der Waals surface area contributed by atoms with Gasteiger partial charge in [0.05, 0.1) is 5.02 Å². The van der Waals surface area contributed by atoms with E-state index in [0.29, 0.717) is 11.3 Å². The molecule has 1 nitrogen and oxygen atoms in total. The van der Waals surface area contributed by atoms with Crippen LogP contribution in [0.4, 0.5) is 0 Å². The summed E-state index contributed by atoms with van der Waals surface area (Å²) in [4.78, 5) is 0. The number of nitrogens with one attached hydrogen (secondary N) is 1. The lowest BCUT2D eigenvalue weighted by Crippen LogP contribution is -2.33. The molecule has 0 aromatic heterocycles. The van der Waals surface area contributed by atoms with Crippen molar-refractivity contribution >= 4 is 27.5 Å². The molecule has 1 rings (SSSR count). The number of rotatable bonds is 5. The van der Waals surface area contributed by atoms with Crippen molar-refractivity contribution < 1.29 is 0 Å². The lowest BCUT2D eigenvalue weighted by atomic mass is 9.81. The van der Waals surface area contributed by atoms with Crippen molar-refractivity contribution in [2.24, 2.45) is 11.3 Å². The summed E-state index contributed by atoms with van der Waals surface area (Å²) in [6.07, 6.45) is 0. The van der Waals surface area contributed by atoms with Gasteiger partial charge in [-0.15, -0.1) is 0 Å². The van der Waals surface area contributed by atoms with Crippen LogP contribution in [0.15, 0.2) is 22.7 Å². The third kappa shape index (κ3) is 4.61. The molecule has 0 unspecified atom stereocenters. The van der Waals surface area contributed by atoms with E-state index >= 15 is 0 Å². The molecule has 0 spiro atoms. The molecular weight excluding hydrogens is 298 g/mol. The van der Waals surface area contributed by atoms with Gasteiger partial charge in [0, 0.05) is 17.6 Å². The summed E-state index contributed by atoms with van der Waals surface area (Å²) in [5.74, 6) is 0.670. The third-order valence-corrected chi connectivity index (χ3v) is 4.69. The Hall–Kier alpha value is -0.0500. The van der Waals surface area contributed by atoms with Crippen LogP contribution in [0.5, 0.6) is 0 Å². The molecule has 1 aromatic carbocycles. The van der Waals surface area contributed by atoms with Crippen LogP contribution in [0.1, 0.15) is 33.3 Å². The van der Waals surface area contributed by atoms with Crippen molar-refractivity contribution in [1.82, 2.24) is 5.32 Å². The molecule has 0 aliphatic carbocycles. The highest BCUT2D eigenvalue weighted by Crippen LogP contribution is 2.25. The largest absolute Gasteiger partial charge is 0.312 e. The van der Waals surface area contributed by atoms with Gasteiger partial charge in [-0.1, -0.05) is 45.4 Å². The van der Waals surface area contributed by atoms with Crippen LogP contribution >= 0.6 is 27.5 Å². The van der Waals surface area contributed by atoms with E-state index in [0.717, 1.165) is 22.6 Å². The molecule has 0 saturated heterocycles. The minimum absolute atomic E-state index is 0.319. The Morgan fingerprint density at radius 2 is 2.00 bits per heavy atom. The van der Waals surface area contributed by atoms with E-state index < -0.39 is 0 Å². The van der Waals surface area contributed by atoms with E-state index in [1.807, 2.05) is 12.1 Å². The molecule has 96 valence electrons. The number of hydrogen-bond donors (Lipinski definition) is 1. The molecule has 0 atom stereocenters. The minimum atomic E-state index is 0.319. The zero-order chi connectivity index (χ0) is 13.1. The summed E-state index contributed by atoms with van der Waals surface area (Å²) in [5, 5.41) is 4.27. The van der Waals surface area contributed by atoms with Crippen LogP contribution in [-0.4, -0.2) is 6.54 Å². The molecular formula is C14H21BrClN. The molecule has 0 saturated carbocycles. The lowest BCUT2D eigenvalue weighted by Gasteiger charge is -2.29. The van der Waals surface area contributed by atoms with Gasteiger partial charge in [0.25, 0.3) is 0 Å². The fraction of sp³-hybridized carbons (Fsp3) is 0.571. The molecule has 0 fully saturated rings. The SMILES string of the molecule is CC(C)C(C)(C)CNCc1ccc(Br)c(Cl)c1. The first-order chi connectivity index (χ1) is 7.83. The highest BCUT2D eigenvalue weighted by molar-refractivity contribution is 9.10. The van der Waals surface area contributed by atoms with E-state index in [2.05, 4.69) is 55.0 Å². The topological polar surface area (TPSA) is 12.0 Å². The van der Waals surface area contributed by atoms with Crippen molar-refractivity contribution in [3.8, 4) is 0 Å². The Labute approximate surface area is 118 Å². The Morgan fingerprint density at radius 3 is 2.53 bits per heavy atom. The summed E-state index contributed by atoms with van der Waals surface area (Å²) in [7, 11) is 0. The first-order valence-corrected chi connectivity index (χ1v) is 7.14. The molecule has 3 heteroatoms. The van der Waals surface area contributed by atoms with Gasteiger partial charge in [0.2, 0.25) is 0 Å². The van der Waals surface area contributed by atoms with Crippen LogP contribution in [0.25, 0.3) is 0 Å². The molecule has 1 N–H and O–H groups in total. The maximum atomic E-state index is 6.06. The summed E-state index contributed by atoms with van der Waals surface area (Å²) in [6.45, 7) is 11.0. The fourth-order valence-electron chi connectivity index (χ4n) is 1.38. The van der Waals surface area contributed by atoms with Crippen molar-refractivity contribution in [2.75, 3.05) is 6.54 Å². The molecule has 17 heavy (non-hydrogen) atoms. The molecule has 0 amide bonds. The predicted molar refractivity (Wildman–Crippen MR) is 79.5 cm³/mol. The Balaban J connectivity index is 2.49. The first kappa shape index (κ1) is 15.0. The number of hydrogen-bond acceptors (Lipinski definition) is 1. The highest BCUT2D eigenvalue weighted by atomic mass is 79.9. The second kappa shape index (κ2) is 6.21. The zero-order valence-corrected chi connectivity index (χ0v) is 13.3. The van der Waals surface area contributed by atoms with Crippen LogP contribution in [0, 0.1) is 11.3 Å². The quantitative estimate of drug-likeness (QED) is 0.816. The zero-order valence-electron chi connectivity index (χ0n) is 11.0. The summed E-state index contributed by atoms with van der Waals surface area (Å²) >= 11 is 9.45. The van der Waals surface area contributed by atoms with E-state index in [1.54, 1.807) is 0 Å². The van der Waals surface area contributed by atoms with Gasteiger partial charge < -0.3 is 5.32 Å². The molecule has 1 aromatic rings. The Bertz CT molecular complexity index is 374. The average molecular weight is 319 g/mol. The van der Waals surface area contributed by atoms with Gasteiger partial charge in [-0.05, 0) is 45.0 Å². The maximum absolute atomic E-state index is 6.06. The maximum Gasteiger partial charge on any atom is 0.0551 e. The monoisotopic (exact) mass is 317 g/mol. The van der Waals surface area contributed by atoms with Crippen LogP contribution in [0.3, 0.4) is 0 Å². The molecule has 0 heterocycles. The van der Waals surface area contributed by atoms with Crippen molar-refractivity contribution in [3.63, 3.8) is 0 Å². The van der Waals surface area contributed by atoms with Gasteiger partial charge in [-0.25, -0.2) is 0 Å². The van der Waals surface area contributed by atoms with E-state index in [1.165, 1.54) is 5.56 Å². The predicted octanol–water partition coefficient (Wildman–Crippen LogP) is 4.87. The van der Waals surface area contributed by atoms with Gasteiger partial charge in [0.15, 0.2) is 0 Å². The standard InChI is InChI=1S/C14H21BrClN/c1-10(2)14(3,4)9-17-8-11-5-6-12(15)13(16)7-11/h5-7,10,17H,8-9H2,1-4H3. The van der Waals surface area contributed by atoms with Crippen molar-refractivity contribution in [1.29, 1.82) is 0 Å². The summed E-state index contributed by atoms with van der Waals surface area (Å²) in [6, 6.07) is 6.08. The van der Waals surface area contributed by atoms with Crippen LogP contribution in [0.2, 0.25) is 5.02 Å². The van der Waals surface area contributed by atoms with Crippen molar-refractivity contribution in [3.05, 3.63) is 33.3 Å². The first-order valence-electron chi connectivity index (χ1n) is 5.97. The summed E-state index contributed by atoms with van der Waals surface area (Å²) < 4.78 is 0.949. The van der Waals surface area contributed by atoms with Gasteiger partial charge in [0.1, 0.15) is 0 Å². The second-order valence-corrected chi connectivity index (χ2v) is 6.76.